The van der Waals surface area contributed by atoms with E-state index in [0.717, 1.165) is 13.3 Å². The van der Waals surface area contributed by atoms with E-state index in [1.165, 1.54) is 0 Å². The van der Waals surface area contributed by atoms with Gasteiger partial charge in [0, 0.05) is 0 Å². The Morgan fingerprint density at radius 3 is 2.59 bits per heavy atom. The highest BCUT2D eigenvalue weighted by Gasteiger charge is 2.32. The first-order chi connectivity index (χ1) is 7.90. The predicted molar refractivity (Wildman–Crippen MR) is 50.9 cm³/mol. The first-order valence-corrected chi connectivity index (χ1v) is 4.19. The molecule has 0 atom stereocenters. The second kappa shape index (κ2) is 4.68. The normalized spacial score (nSPS) is 10.4. The summed E-state index contributed by atoms with van der Waals surface area (Å²) in [5, 5.41) is 10.7. The number of pyridine rings is 1. The summed E-state index contributed by atoms with van der Waals surface area (Å²) in [6.07, 6.45) is -2.41. The van der Waals surface area contributed by atoms with Crippen LogP contribution in [0.25, 0.3) is 0 Å². The average molecular weight is 247 g/mol. The number of nitrogens with zero attached hydrogens (tertiary/aromatic N) is 2. The average Bonchev–Trinajstić information content (AvgIpc) is 2.26. The molecule has 0 bridgehead atoms. The van der Waals surface area contributed by atoms with Gasteiger partial charge in [-0.05, 0) is 0 Å². The highest BCUT2D eigenvalue weighted by molar-refractivity contribution is 6.00. The second-order valence-electron chi connectivity index (χ2n) is 2.86. The molecule has 17 heavy (non-hydrogen) atoms. The summed E-state index contributed by atoms with van der Waals surface area (Å²) in [5.41, 5.74) is 1.93. The minimum Gasteiger partial charge on any atom is -0.494 e. The largest absolute Gasteiger partial charge is 0.494 e. The Hall–Kier alpha value is -2.32. The van der Waals surface area contributed by atoms with Crippen LogP contribution in [0, 0.1) is 10.1 Å². The zero-order valence-electron chi connectivity index (χ0n) is 8.52. The van der Waals surface area contributed by atoms with Crippen LogP contribution >= 0.6 is 0 Å². The van der Waals surface area contributed by atoms with E-state index in [4.69, 9.17) is 5.73 Å². The van der Waals surface area contributed by atoms with Gasteiger partial charge >= 0.3 is 5.69 Å². The standard InChI is InChI=1S/C8H7F2N3O4/c1-17-3-2-12-5(7(9)10)6(13(15)16)4(3)8(11)14/h2,7H,1H3,(H2,11,14). The summed E-state index contributed by atoms with van der Waals surface area (Å²) >= 11 is 0. The molecule has 0 spiro atoms. The number of aromatic nitrogens is 1. The third-order valence-corrected chi connectivity index (χ3v) is 1.90. The van der Waals surface area contributed by atoms with Crippen LogP contribution in [-0.4, -0.2) is 22.9 Å². The van der Waals surface area contributed by atoms with Crippen molar-refractivity contribution >= 4 is 11.6 Å². The molecule has 92 valence electrons. The molecule has 0 aliphatic carbocycles. The number of hydrogen-bond donors (Lipinski definition) is 1. The fourth-order valence-corrected chi connectivity index (χ4v) is 1.24. The lowest BCUT2D eigenvalue weighted by Crippen LogP contribution is -2.17. The van der Waals surface area contributed by atoms with Crippen molar-refractivity contribution in [2.75, 3.05) is 7.11 Å². The van der Waals surface area contributed by atoms with E-state index in [1.54, 1.807) is 0 Å². The van der Waals surface area contributed by atoms with E-state index < -0.39 is 34.2 Å². The van der Waals surface area contributed by atoms with E-state index in [0.29, 0.717) is 0 Å². The predicted octanol–water partition coefficient (Wildman–Crippen LogP) is 1.03. The van der Waals surface area contributed by atoms with Gasteiger partial charge in [0.25, 0.3) is 12.3 Å². The number of hydrogen-bond acceptors (Lipinski definition) is 5. The van der Waals surface area contributed by atoms with Gasteiger partial charge in [0.15, 0.2) is 17.0 Å². The molecule has 0 aromatic carbocycles. The summed E-state index contributed by atoms with van der Waals surface area (Å²) in [6, 6.07) is 0. The molecule has 0 fully saturated rings. The van der Waals surface area contributed by atoms with Gasteiger partial charge in [0.2, 0.25) is 0 Å². The number of alkyl halides is 2. The highest BCUT2D eigenvalue weighted by Crippen LogP contribution is 2.34. The van der Waals surface area contributed by atoms with E-state index in [2.05, 4.69) is 9.72 Å². The lowest BCUT2D eigenvalue weighted by molar-refractivity contribution is -0.386. The van der Waals surface area contributed by atoms with Gasteiger partial charge in [-0.25, -0.2) is 13.8 Å². The molecule has 0 saturated carbocycles. The smallest absolute Gasteiger partial charge is 0.313 e. The summed E-state index contributed by atoms with van der Waals surface area (Å²) in [5.74, 6) is -1.56. The number of carbonyl (C=O) groups excluding carboxylic acids is 1. The zero-order chi connectivity index (χ0) is 13.2. The van der Waals surface area contributed by atoms with Gasteiger partial charge < -0.3 is 10.5 Å². The van der Waals surface area contributed by atoms with Crippen LogP contribution in [0.4, 0.5) is 14.5 Å². The summed E-state index contributed by atoms with van der Waals surface area (Å²) in [6.45, 7) is 0. The Labute approximate surface area is 93.3 Å². The van der Waals surface area contributed by atoms with Gasteiger partial charge in [-0.3, -0.25) is 14.9 Å². The molecule has 1 aromatic rings. The van der Waals surface area contributed by atoms with Crippen molar-refractivity contribution < 1.29 is 23.2 Å². The van der Waals surface area contributed by atoms with E-state index in [-0.39, 0.29) is 5.75 Å². The Morgan fingerprint density at radius 2 is 2.24 bits per heavy atom. The van der Waals surface area contributed by atoms with Gasteiger partial charge in [0.1, 0.15) is 0 Å². The van der Waals surface area contributed by atoms with Crippen LogP contribution in [-0.2, 0) is 0 Å². The van der Waals surface area contributed by atoms with Crippen LogP contribution in [0.2, 0.25) is 0 Å². The Bertz CT molecular complexity index is 478. The molecule has 0 aliphatic rings. The van der Waals surface area contributed by atoms with Crippen molar-refractivity contribution in [3.8, 4) is 5.75 Å². The van der Waals surface area contributed by atoms with E-state index >= 15 is 0 Å². The molecule has 0 saturated heterocycles. The maximum Gasteiger partial charge on any atom is 0.313 e. The molecular weight excluding hydrogens is 240 g/mol. The number of nitrogens with two attached hydrogens (primary N) is 1. The number of halogens is 2. The number of methoxy groups -OCH3 is 1. The van der Waals surface area contributed by atoms with Gasteiger partial charge in [-0.1, -0.05) is 0 Å². The van der Waals surface area contributed by atoms with Crippen molar-refractivity contribution in [2.24, 2.45) is 5.73 Å². The van der Waals surface area contributed by atoms with Crippen LogP contribution < -0.4 is 10.5 Å². The third kappa shape index (κ3) is 2.27. The van der Waals surface area contributed by atoms with Crippen molar-refractivity contribution in [1.29, 1.82) is 0 Å². The molecule has 1 heterocycles. The number of nitro groups is 1. The minimum atomic E-state index is -3.19. The Kier molecular flexibility index (Phi) is 3.51. The molecular formula is C8H7F2N3O4. The molecule has 2 N–H and O–H groups in total. The van der Waals surface area contributed by atoms with Crippen molar-refractivity contribution in [3.05, 3.63) is 27.6 Å². The van der Waals surface area contributed by atoms with Crippen LogP contribution in [0.15, 0.2) is 6.20 Å². The highest BCUT2D eigenvalue weighted by atomic mass is 19.3. The first-order valence-electron chi connectivity index (χ1n) is 4.19. The fourth-order valence-electron chi connectivity index (χ4n) is 1.24. The number of ether oxygens (including phenoxy) is 1. The third-order valence-electron chi connectivity index (χ3n) is 1.90. The summed E-state index contributed by atoms with van der Waals surface area (Å²) in [4.78, 5) is 23.8. The van der Waals surface area contributed by atoms with Crippen molar-refractivity contribution in [2.45, 2.75) is 6.43 Å². The summed E-state index contributed by atoms with van der Waals surface area (Å²) in [7, 11) is 1.11. The van der Waals surface area contributed by atoms with E-state index in [1.807, 2.05) is 0 Å². The first kappa shape index (κ1) is 12.7. The van der Waals surface area contributed by atoms with Crippen LogP contribution in [0.3, 0.4) is 0 Å². The number of carbonyl (C=O) groups is 1. The van der Waals surface area contributed by atoms with Gasteiger partial charge in [0.05, 0.1) is 18.2 Å². The van der Waals surface area contributed by atoms with Crippen molar-refractivity contribution in [3.63, 3.8) is 0 Å². The molecule has 9 heteroatoms. The summed E-state index contributed by atoms with van der Waals surface area (Å²) < 4.78 is 29.6. The van der Waals surface area contributed by atoms with Gasteiger partial charge in [-0.2, -0.15) is 0 Å². The minimum absolute atomic E-state index is 0.325. The molecule has 1 rings (SSSR count). The molecule has 0 aliphatic heterocycles. The lowest BCUT2D eigenvalue weighted by atomic mass is 10.1. The molecule has 7 nitrogen and oxygen atoms in total. The number of amides is 1. The second-order valence-corrected chi connectivity index (χ2v) is 2.86. The molecule has 0 unspecified atom stereocenters. The quantitative estimate of drug-likeness (QED) is 0.631. The monoisotopic (exact) mass is 247 g/mol. The SMILES string of the molecule is COc1cnc(C(F)F)c([N+](=O)[O-])c1C(N)=O. The lowest BCUT2D eigenvalue weighted by Gasteiger charge is -2.08. The Balaban J connectivity index is 3.65. The van der Waals surface area contributed by atoms with Gasteiger partial charge in [-0.15, -0.1) is 0 Å². The maximum absolute atomic E-state index is 12.5. The van der Waals surface area contributed by atoms with Crippen LogP contribution in [0.5, 0.6) is 5.75 Å². The number of primary amides is 1. The number of rotatable bonds is 4. The molecule has 1 aromatic heterocycles. The Morgan fingerprint density at radius 1 is 1.65 bits per heavy atom. The van der Waals surface area contributed by atoms with Crippen molar-refractivity contribution in [1.82, 2.24) is 4.98 Å². The fraction of sp³-hybridized carbons (Fsp3) is 0.250. The molecule has 1 amide bonds. The maximum atomic E-state index is 12.5. The topological polar surface area (TPSA) is 108 Å². The zero-order valence-corrected chi connectivity index (χ0v) is 8.52. The van der Waals surface area contributed by atoms with E-state index in [9.17, 15) is 23.7 Å². The molecule has 0 radical (unpaired) electrons. The van der Waals surface area contributed by atoms with Crippen LogP contribution in [0.1, 0.15) is 22.5 Å².